The number of anilines is 1. The second kappa shape index (κ2) is 13.0. The Bertz CT molecular complexity index is 1910. The zero-order chi connectivity index (χ0) is 36.0. The van der Waals surface area contributed by atoms with Crippen molar-refractivity contribution in [3.8, 4) is 28.0 Å². The molecule has 0 bridgehead atoms. The van der Waals surface area contributed by atoms with Gasteiger partial charge in [-0.05, 0) is 103 Å². The average molecular weight is 687 g/mol. The van der Waals surface area contributed by atoms with Gasteiger partial charge in [0.05, 0.1) is 43.5 Å². The molecule has 1 heterocycles. The number of carbonyl (C=O) groups is 2. The van der Waals surface area contributed by atoms with Crippen LogP contribution in [0.15, 0.2) is 66.7 Å². The molecule has 258 valence electrons. The summed E-state index contributed by atoms with van der Waals surface area (Å²) in [5, 5.41) is 0. The van der Waals surface area contributed by atoms with Gasteiger partial charge < -0.3 is 19.9 Å². The summed E-state index contributed by atoms with van der Waals surface area (Å²) in [7, 11) is 2.77. The minimum atomic E-state index is -5.06. The van der Waals surface area contributed by atoms with Crippen LogP contribution in [0.3, 0.4) is 0 Å². The minimum absolute atomic E-state index is 0.0288. The van der Waals surface area contributed by atoms with Gasteiger partial charge in [0.1, 0.15) is 11.9 Å². The summed E-state index contributed by atoms with van der Waals surface area (Å²) in [4.78, 5) is 26.5. The zero-order valence-corrected chi connectivity index (χ0v) is 27.0. The predicted octanol–water partition coefficient (Wildman–Crippen LogP) is 9.13. The molecule has 5 rings (SSSR count). The van der Waals surface area contributed by atoms with E-state index in [1.165, 1.54) is 26.0 Å². The number of amides is 1. The van der Waals surface area contributed by atoms with Crippen molar-refractivity contribution >= 4 is 17.7 Å². The van der Waals surface area contributed by atoms with Crippen LogP contribution in [0, 0.1) is 13.8 Å². The molecule has 49 heavy (non-hydrogen) atoms. The summed E-state index contributed by atoms with van der Waals surface area (Å²) < 4.78 is 97.5. The maximum atomic E-state index is 13.6. The standard InChI is InChI=1S/C36H32F6N2O5/c1-18-10-24(17-44-20(3)32(49-34(44)46)23-13-25(35(37,38)39)16-26(14-23)36(40,41)42)31(29(43)11-18)28-15-21(7-9-30(28)47-4)27-8-6-22(12-19(27)2)33(45)48-5/h6-16,20,32H,17,43H2,1-5H3/t20-,32-/m0/s1. The first kappa shape index (κ1) is 35.1. The number of nitrogen functional groups attached to an aromatic ring is 1. The monoisotopic (exact) mass is 686 g/mol. The molecule has 0 spiro atoms. The molecule has 2 atom stereocenters. The third kappa shape index (κ3) is 7.01. The number of carbonyl (C=O) groups excluding carboxylic acids is 2. The van der Waals surface area contributed by atoms with Gasteiger partial charge in [0.25, 0.3) is 0 Å². The number of cyclic esters (lactones) is 1. The molecule has 1 aliphatic rings. The summed E-state index contributed by atoms with van der Waals surface area (Å²) in [6.45, 7) is 4.99. The number of methoxy groups -OCH3 is 2. The van der Waals surface area contributed by atoms with Crippen LogP contribution in [0.2, 0.25) is 0 Å². The van der Waals surface area contributed by atoms with E-state index in [2.05, 4.69) is 0 Å². The summed E-state index contributed by atoms with van der Waals surface area (Å²) in [6.07, 6.45) is -12.5. The van der Waals surface area contributed by atoms with Gasteiger partial charge in [0, 0.05) is 16.8 Å². The van der Waals surface area contributed by atoms with Gasteiger partial charge in [0.2, 0.25) is 0 Å². The number of aryl methyl sites for hydroxylation is 2. The maximum Gasteiger partial charge on any atom is 0.416 e. The van der Waals surface area contributed by atoms with Crippen LogP contribution >= 0.6 is 0 Å². The molecule has 1 aliphatic heterocycles. The molecular formula is C36H32F6N2O5. The van der Waals surface area contributed by atoms with Crippen molar-refractivity contribution in [3.05, 3.63) is 106 Å². The molecule has 0 unspecified atom stereocenters. The Morgan fingerprint density at radius 3 is 2.10 bits per heavy atom. The van der Waals surface area contributed by atoms with E-state index in [1.54, 1.807) is 43.3 Å². The second-order valence-corrected chi connectivity index (χ2v) is 11.8. The third-order valence-corrected chi connectivity index (χ3v) is 8.49. The van der Waals surface area contributed by atoms with Crippen LogP contribution in [0.4, 0.5) is 36.8 Å². The minimum Gasteiger partial charge on any atom is -0.496 e. The van der Waals surface area contributed by atoms with Crippen LogP contribution in [0.1, 0.15) is 56.8 Å². The molecular weight excluding hydrogens is 654 g/mol. The van der Waals surface area contributed by atoms with E-state index in [0.717, 1.165) is 22.3 Å². The molecule has 4 aromatic carbocycles. The molecule has 7 nitrogen and oxygen atoms in total. The summed E-state index contributed by atoms with van der Waals surface area (Å²) in [6, 6.07) is 14.3. The van der Waals surface area contributed by atoms with Crippen molar-refractivity contribution in [2.45, 2.75) is 51.8 Å². The number of alkyl halides is 6. The highest BCUT2D eigenvalue weighted by atomic mass is 19.4. The highest BCUT2D eigenvalue weighted by molar-refractivity contribution is 5.91. The maximum absolute atomic E-state index is 13.6. The molecule has 0 saturated carbocycles. The molecule has 1 saturated heterocycles. The lowest BCUT2D eigenvalue weighted by atomic mass is 9.90. The number of nitrogens with two attached hydrogens (primary N) is 1. The Balaban J connectivity index is 1.56. The molecule has 0 aromatic heterocycles. The number of hydrogen-bond acceptors (Lipinski definition) is 6. The van der Waals surface area contributed by atoms with Crippen molar-refractivity contribution in [2.75, 3.05) is 20.0 Å². The summed E-state index contributed by atoms with van der Waals surface area (Å²) in [5.74, 6) is -0.0316. The molecule has 4 aromatic rings. The molecule has 0 radical (unpaired) electrons. The molecule has 1 amide bonds. The smallest absolute Gasteiger partial charge is 0.416 e. The molecule has 1 fully saturated rings. The lowest BCUT2D eigenvalue weighted by Crippen LogP contribution is -2.32. The van der Waals surface area contributed by atoms with Crippen LogP contribution < -0.4 is 10.5 Å². The van der Waals surface area contributed by atoms with Crippen LogP contribution in [0.25, 0.3) is 22.3 Å². The van der Waals surface area contributed by atoms with Crippen molar-refractivity contribution in [2.24, 2.45) is 0 Å². The van der Waals surface area contributed by atoms with E-state index >= 15 is 0 Å². The largest absolute Gasteiger partial charge is 0.496 e. The number of hydrogen-bond donors (Lipinski definition) is 1. The van der Waals surface area contributed by atoms with Gasteiger partial charge in [-0.2, -0.15) is 26.3 Å². The fraction of sp³-hybridized carbons (Fsp3) is 0.278. The van der Waals surface area contributed by atoms with Crippen LogP contribution in [-0.2, 0) is 28.4 Å². The van der Waals surface area contributed by atoms with Crippen LogP contribution in [-0.4, -0.2) is 37.2 Å². The van der Waals surface area contributed by atoms with E-state index in [1.807, 2.05) is 19.1 Å². The first-order chi connectivity index (χ1) is 22.9. The summed E-state index contributed by atoms with van der Waals surface area (Å²) in [5.41, 5.74) is 8.58. The van der Waals surface area contributed by atoms with Crippen molar-refractivity contribution in [1.29, 1.82) is 0 Å². The van der Waals surface area contributed by atoms with Gasteiger partial charge in [0.15, 0.2) is 0 Å². The number of ether oxygens (including phenoxy) is 3. The average Bonchev–Trinajstić information content (AvgIpc) is 3.31. The van der Waals surface area contributed by atoms with E-state index < -0.39 is 53.3 Å². The highest BCUT2D eigenvalue weighted by Gasteiger charge is 2.43. The fourth-order valence-corrected chi connectivity index (χ4v) is 6.13. The zero-order valence-electron chi connectivity index (χ0n) is 27.0. The SMILES string of the molecule is COC(=O)c1ccc(-c2ccc(OC)c(-c3c(N)cc(C)cc3CN3C(=O)O[C@H](c4cc(C(F)(F)F)cc(C(F)(F)F)c4)[C@@H]3C)c2)c(C)c1. The van der Waals surface area contributed by atoms with Gasteiger partial charge in [-0.25, -0.2) is 9.59 Å². The van der Waals surface area contributed by atoms with Gasteiger partial charge in [-0.3, -0.25) is 4.90 Å². The Kier molecular flexibility index (Phi) is 9.33. The Morgan fingerprint density at radius 2 is 1.53 bits per heavy atom. The Labute approximate surface area is 278 Å². The Morgan fingerprint density at radius 1 is 0.878 bits per heavy atom. The van der Waals surface area contributed by atoms with Crippen molar-refractivity contribution in [3.63, 3.8) is 0 Å². The summed E-state index contributed by atoms with van der Waals surface area (Å²) >= 11 is 0. The lowest BCUT2D eigenvalue weighted by Gasteiger charge is -2.25. The Hall–Kier alpha value is -5.20. The van der Waals surface area contributed by atoms with Crippen molar-refractivity contribution in [1.82, 2.24) is 4.90 Å². The third-order valence-electron chi connectivity index (χ3n) is 8.49. The first-order valence-electron chi connectivity index (χ1n) is 15.0. The molecule has 0 aliphatic carbocycles. The highest BCUT2D eigenvalue weighted by Crippen LogP contribution is 2.44. The second-order valence-electron chi connectivity index (χ2n) is 11.8. The van der Waals surface area contributed by atoms with Crippen LogP contribution in [0.5, 0.6) is 5.75 Å². The normalized spacial score (nSPS) is 16.5. The number of benzene rings is 4. The van der Waals surface area contributed by atoms with Gasteiger partial charge in [-0.1, -0.05) is 18.2 Å². The number of esters is 1. The van der Waals surface area contributed by atoms with Gasteiger partial charge in [-0.15, -0.1) is 0 Å². The van der Waals surface area contributed by atoms with Gasteiger partial charge >= 0.3 is 24.4 Å². The van der Waals surface area contributed by atoms with E-state index in [0.29, 0.717) is 45.8 Å². The topological polar surface area (TPSA) is 91.1 Å². The number of rotatable bonds is 7. The number of halogens is 6. The van der Waals surface area contributed by atoms with E-state index in [4.69, 9.17) is 19.9 Å². The lowest BCUT2D eigenvalue weighted by molar-refractivity contribution is -0.143. The molecule has 2 N–H and O–H groups in total. The first-order valence-corrected chi connectivity index (χ1v) is 15.0. The fourth-order valence-electron chi connectivity index (χ4n) is 6.13. The number of nitrogens with zero attached hydrogens (tertiary/aromatic N) is 1. The molecule has 13 heteroatoms. The van der Waals surface area contributed by atoms with E-state index in [-0.39, 0.29) is 12.6 Å². The quantitative estimate of drug-likeness (QED) is 0.119. The van der Waals surface area contributed by atoms with E-state index in [9.17, 15) is 35.9 Å². The predicted molar refractivity (Wildman–Crippen MR) is 170 cm³/mol. The van der Waals surface area contributed by atoms with Crippen molar-refractivity contribution < 1.29 is 50.1 Å².